The number of methoxy groups -OCH3 is 1. The predicted molar refractivity (Wildman–Crippen MR) is 160 cm³/mol. The van der Waals surface area contributed by atoms with Crippen LogP contribution in [0.4, 0.5) is 16.0 Å². The Morgan fingerprint density at radius 2 is 1.57 bits per heavy atom. The van der Waals surface area contributed by atoms with Gasteiger partial charge >= 0.3 is 0 Å². The molecule has 214 valence electrons. The van der Waals surface area contributed by atoms with Gasteiger partial charge in [-0.05, 0) is 58.7 Å². The first-order valence-corrected chi connectivity index (χ1v) is 14.0. The average Bonchev–Trinajstić information content (AvgIpc) is 3.41. The number of fused-ring (bicyclic) bond motifs is 1. The Bertz CT molecular complexity index is 1680. The highest BCUT2D eigenvalue weighted by Crippen LogP contribution is 2.29. The first kappa shape index (κ1) is 27.6. The molecule has 5 aromatic rings. The maximum Gasteiger partial charge on any atom is 0.247 e. The molecule has 1 saturated heterocycles. The number of hydrogen-bond donors (Lipinski definition) is 1. The number of hydrogen-bond acceptors (Lipinski definition) is 7. The molecule has 1 N–H and O–H groups in total. The van der Waals surface area contributed by atoms with Crippen molar-refractivity contribution in [1.29, 1.82) is 0 Å². The molecule has 1 aliphatic heterocycles. The maximum absolute atomic E-state index is 13.1. The van der Waals surface area contributed by atoms with E-state index in [1.165, 1.54) is 17.7 Å². The number of nitrogens with zero attached hydrogens (tertiary/aromatic N) is 4. The van der Waals surface area contributed by atoms with Gasteiger partial charge in [-0.1, -0.05) is 42.5 Å². The molecule has 0 atom stereocenters. The van der Waals surface area contributed by atoms with Crippen molar-refractivity contribution in [3.8, 4) is 16.9 Å². The van der Waals surface area contributed by atoms with Gasteiger partial charge in [0.05, 0.1) is 26.0 Å². The molecule has 3 heterocycles. The van der Waals surface area contributed by atoms with Crippen molar-refractivity contribution < 1.29 is 18.7 Å². The van der Waals surface area contributed by atoms with Crippen molar-refractivity contribution in [3.63, 3.8) is 0 Å². The van der Waals surface area contributed by atoms with E-state index in [1.807, 2.05) is 54.7 Å². The number of benzene rings is 3. The van der Waals surface area contributed by atoms with Crippen molar-refractivity contribution in [1.82, 2.24) is 19.5 Å². The molecule has 2 aromatic heterocycles. The van der Waals surface area contributed by atoms with Crippen LogP contribution in [-0.4, -0.2) is 58.7 Å². The molecule has 1 fully saturated rings. The zero-order valence-electron chi connectivity index (χ0n) is 23.4. The Balaban J connectivity index is 1.11. The Hall–Kier alpha value is -4.60. The molecule has 0 saturated carbocycles. The highest BCUT2D eigenvalue weighted by atomic mass is 19.1. The average molecular weight is 566 g/mol. The fourth-order valence-corrected chi connectivity index (χ4v) is 5.12. The van der Waals surface area contributed by atoms with Crippen LogP contribution >= 0.6 is 0 Å². The number of Topliss-reactive ketones (excluding diaryl/α,β-unsaturated/α-hetero) is 1. The number of halogens is 1. The second-order valence-corrected chi connectivity index (χ2v) is 10.4. The van der Waals surface area contributed by atoms with Gasteiger partial charge < -0.3 is 14.8 Å². The summed E-state index contributed by atoms with van der Waals surface area (Å²) < 4.78 is 26.0. The van der Waals surface area contributed by atoms with Crippen LogP contribution < -0.4 is 10.1 Å². The van der Waals surface area contributed by atoms with Crippen molar-refractivity contribution in [2.24, 2.45) is 0 Å². The summed E-state index contributed by atoms with van der Waals surface area (Å²) in [6.07, 6.45) is 2.54. The molecular weight excluding hydrogens is 533 g/mol. The van der Waals surface area contributed by atoms with E-state index in [9.17, 15) is 9.18 Å². The predicted octanol–water partition coefficient (Wildman–Crippen LogP) is 5.47. The lowest BCUT2D eigenvalue weighted by atomic mass is 10.0. The zero-order valence-corrected chi connectivity index (χ0v) is 23.4. The van der Waals surface area contributed by atoms with Crippen molar-refractivity contribution in [2.45, 2.75) is 19.4 Å². The molecular formula is C33H32FN5O3. The minimum Gasteiger partial charge on any atom is -0.495 e. The standard InChI is InChI=1S/C33H32FN5O3/c1-41-31-20-25(21-38-14-16-42-17-15-38)6-12-30(31)35-33-36-32-13-9-27(22-39(32)37-33)26-7-2-23(3-8-26)18-29(40)19-24-4-10-28(34)11-5-24/h2-13,20,22H,14-19,21H2,1H3,(H,35,37). The van der Waals surface area contributed by atoms with Crippen LogP contribution in [0.25, 0.3) is 16.8 Å². The third kappa shape index (κ3) is 6.64. The largest absolute Gasteiger partial charge is 0.495 e. The van der Waals surface area contributed by atoms with E-state index in [0.717, 1.165) is 66.5 Å². The summed E-state index contributed by atoms with van der Waals surface area (Å²) >= 11 is 0. The summed E-state index contributed by atoms with van der Waals surface area (Å²) in [5.74, 6) is 0.989. The van der Waals surface area contributed by atoms with Crippen LogP contribution in [-0.2, 0) is 28.9 Å². The van der Waals surface area contributed by atoms with Gasteiger partial charge in [0.15, 0.2) is 5.65 Å². The number of ketones is 1. The maximum atomic E-state index is 13.1. The van der Waals surface area contributed by atoms with E-state index in [0.29, 0.717) is 18.0 Å². The van der Waals surface area contributed by atoms with Crippen molar-refractivity contribution in [3.05, 3.63) is 108 Å². The Morgan fingerprint density at radius 3 is 2.29 bits per heavy atom. The van der Waals surface area contributed by atoms with E-state index in [-0.39, 0.29) is 18.0 Å². The first-order chi connectivity index (χ1) is 20.5. The molecule has 3 aromatic carbocycles. The van der Waals surface area contributed by atoms with Gasteiger partial charge in [0, 0.05) is 44.2 Å². The smallest absolute Gasteiger partial charge is 0.247 e. The Labute approximate surface area is 243 Å². The lowest BCUT2D eigenvalue weighted by Crippen LogP contribution is -2.35. The summed E-state index contributed by atoms with van der Waals surface area (Å²) in [4.78, 5) is 19.5. The summed E-state index contributed by atoms with van der Waals surface area (Å²) in [6.45, 7) is 4.24. The zero-order chi connectivity index (χ0) is 28.9. The van der Waals surface area contributed by atoms with Gasteiger partial charge in [-0.3, -0.25) is 9.69 Å². The number of carbonyl (C=O) groups is 1. The highest BCUT2D eigenvalue weighted by molar-refractivity contribution is 5.83. The molecule has 0 bridgehead atoms. The summed E-state index contributed by atoms with van der Waals surface area (Å²) in [5, 5.41) is 7.93. The molecule has 42 heavy (non-hydrogen) atoms. The number of anilines is 2. The van der Waals surface area contributed by atoms with Crippen molar-refractivity contribution in [2.75, 3.05) is 38.7 Å². The number of carbonyl (C=O) groups excluding carboxylic acids is 1. The Kier molecular flexibility index (Phi) is 8.21. The number of rotatable bonds is 10. The molecule has 9 heteroatoms. The number of morpholine rings is 1. The fourth-order valence-electron chi connectivity index (χ4n) is 5.12. The highest BCUT2D eigenvalue weighted by Gasteiger charge is 2.14. The van der Waals surface area contributed by atoms with Gasteiger partial charge in [-0.2, -0.15) is 4.98 Å². The van der Waals surface area contributed by atoms with E-state index >= 15 is 0 Å². The second-order valence-electron chi connectivity index (χ2n) is 10.4. The summed E-state index contributed by atoms with van der Waals surface area (Å²) in [6, 6.07) is 24.1. The van der Waals surface area contributed by atoms with Crippen LogP contribution in [0.5, 0.6) is 5.75 Å². The topological polar surface area (TPSA) is 81.0 Å². The molecule has 0 amide bonds. The molecule has 8 nitrogen and oxygen atoms in total. The minimum atomic E-state index is -0.302. The monoisotopic (exact) mass is 565 g/mol. The number of pyridine rings is 1. The van der Waals surface area contributed by atoms with E-state index < -0.39 is 0 Å². The summed E-state index contributed by atoms with van der Waals surface area (Å²) in [5.41, 5.74) is 6.42. The van der Waals surface area contributed by atoms with Crippen LogP contribution in [0, 0.1) is 5.82 Å². The summed E-state index contributed by atoms with van der Waals surface area (Å²) in [7, 11) is 1.66. The fraction of sp³-hybridized carbons (Fsp3) is 0.242. The molecule has 0 unspecified atom stereocenters. The lowest BCUT2D eigenvalue weighted by Gasteiger charge is -2.26. The molecule has 0 spiro atoms. The van der Waals surface area contributed by atoms with Gasteiger partial charge in [0.1, 0.15) is 17.3 Å². The SMILES string of the molecule is COc1cc(CN2CCOCC2)ccc1Nc1nc2ccc(-c3ccc(CC(=O)Cc4ccc(F)cc4)cc3)cn2n1. The number of ether oxygens (including phenoxy) is 2. The van der Waals surface area contributed by atoms with Crippen LogP contribution in [0.3, 0.4) is 0 Å². The molecule has 6 rings (SSSR count). The number of nitrogens with one attached hydrogen (secondary N) is 1. The van der Waals surface area contributed by atoms with E-state index in [4.69, 9.17) is 9.47 Å². The minimum absolute atomic E-state index is 0.0850. The van der Waals surface area contributed by atoms with Crippen LogP contribution in [0.1, 0.15) is 16.7 Å². The number of aromatic nitrogens is 3. The normalized spacial score (nSPS) is 13.8. The van der Waals surface area contributed by atoms with Crippen LogP contribution in [0.2, 0.25) is 0 Å². The van der Waals surface area contributed by atoms with Crippen molar-refractivity contribution >= 4 is 23.1 Å². The van der Waals surface area contributed by atoms with E-state index in [2.05, 4.69) is 26.4 Å². The quantitative estimate of drug-likeness (QED) is 0.240. The van der Waals surface area contributed by atoms with Gasteiger partial charge in [0.25, 0.3) is 0 Å². The van der Waals surface area contributed by atoms with E-state index in [1.54, 1.807) is 23.8 Å². The van der Waals surface area contributed by atoms with Gasteiger partial charge in [0.2, 0.25) is 5.95 Å². The lowest BCUT2D eigenvalue weighted by molar-refractivity contribution is -0.117. The first-order valence-electron chi connectivity index (χ1n) is 14.0. The molecule has 0 aliphatic carbocycles. The van der Waals surface area contributed by atoms with Crippen LogP contribution in [0.15, 0.2) is 85.1 Å². The third-order valence-corrected chi connectivity index (χ3v) is 7.36. The molecule has 0 radical (unpaired) electrons. The van der Waals surface area contributed by atoms with Gasteiger partial charge in [-0.25, -0.2) is 8.91 Å². The second kappa shape index (κ2) is 12.5. The van der Waals surface area contributed by atoms with Gasteiger partial charge in [-0.15, -0.1) is 5.10 Å². The Morgan fingerprint density at radius 1 is 0.905 bits per heavy atom. The third-order valence-electron chi connectivity index (χ3n) is 7.36. The molecule has 1 aliphatic rings.